The molecule has 0 saturated carbocycles. The molecule has 0 aliphatic heterocycles. The second-order valence-electron chi connectivity index (χ2n) is 3.95. The lowest BCUT2D eigenvalue weighted by atomic mass is 10.1. The second kappa shape index (κ2) is 10.4. The summed E-state index contributed by atoms with van der Waals surface area (Å²) in [5, 5.41) is 12.4. The van der Waals surface area contributed by atoms with Crippen LogP contribution in [0.15, 0.2) is 0 Å². The summed E-state index contributed by atoms with van der Waals surface area (Å²) in [4.78, 5) is 0. The van der Waals surface area contributed by atoms with E-state index in [1.165, 1.54) is 0 Å². The Balaban J connectivity index is 3.22. The highest BCUT2D eigenvalue weighted by Crippen LogP contribution is 1.99. The van der Waals surface area contributed by atoms with E-state index in [4.69, 9.17) is 14.6 Å². The van der Waals surface area contributed by atoms with E-state index in [2.05, 4.69) is 19.2 Å². The van der Waals surface area contributed by atoms with E-state index >= 15 is 0 Å². The molecule has 92 valence electrons. The predicted octanol–water partition coefficient (Wildman–Crippen LogP) is 0.646. The van der Waals surface area contributed by atoms with E-state index in [1.54, 1.807) is 7.11 Å². The molecule has 0 bridgehead atoms. The SMILES string of the molecule is COCCOCCCNC(CO)C(C)C. The molecule has 0 aromatic heterocycles. The Bertz CT molecular complexity index is 131. The van der Waals surface area contributed by atoms with Gasteiger partial charge in [0.05, 0.1) is 19.8 Å². The maximum atomic E-state index is 9.06. The summed E-state index contributed by atoms with van der Waals surface area (Å²) in [6.07, 6.45) is 0.965. The van der Waals surface area contributed by atoms with Gasteiger partial charge in [-0.3, -0.25) is 0 Å². The smallest absolute Gasteiger partial charge is 0.0700 e. The van der Waals surface area contributed by atoms with Gasteiger partial charge in [-0.25, -0.2) is 0 Å². The topological polar surface area (TPSA) is 50.7 Å². The van der Waals surface area contributed by atoms with Crippen LogP contribution >= 0.6 is 0 Å². The molecule has 0 aliphatic carbocycles. The number of hydrogen-bond donors (Lipinski definition) is 2. The van der Waals surface area contributed by atoms with Crippen molar-refractivity contribution < 1.29 is 14.6 Å². The van der Waals surface area contributed by atoms with Gasteiger partial charge in [-0.15, -0.1) is 0 Å². The molecule has 0 aromatic carbocycles. The summed E-state index contributed by atoms with van der Waals surface area (Å²) in [6.45, 7) is 7.33. The highest BCUT2D eigenvalue weighted by atomic mass is 16.5. The lowest BCUT2D eigenvalue weighted by molar-refractivity contribution is 0.0687. The van der Waals surface area contributed by atoms with Gasteiger partial charge < -0.3 is 19.9 Å². The molecule has 4 nitrogen and oxygen atoms in total. The molecule has 2 N–H and O–H groups in total. The Morgan fingerprint density at radius 3 is 2.47 bits per heavy atom. The highest BCUT2D eigenvalue weighted by molar-refractivity contribution is 4.68. The van der Waals surface area contributed by atoms with Gasteiger partial charge in [-0.05, 0) is 18.9 Å². The molecule has 0 fully saturated rings. The van der Waals surface area contributed by atoms with Gasteiger partial charge in [-0.1, -0.05) is 13.8 Å². The first-order chi connectivity index (χ1) is 7.22. The van der Waals surface area contributed by atoms with E-state index in [1.807, 2.05) is 0 Å². The third-order valence-electron chi connectivity index (χ3n) is 2.31. The third-order valence-corrected chi connectivity index (χ3v) is 2.31. The molecule has 1 unspecified atom stereocenters. The molecule has 0 spiro atoms. The Hall–Kier alpha value is -0.160. The number of ether oxygens (including phenoxy) is 2. The Kier molecular flexibility index (Phi) is 10.3. The molecule has 0 aliphatic rings. The van der Waals surface area contributed by atoms with Gasteiger partial charge >= 0.3 is 0 Å². The van der Waals surface area contributed by atoms with Crippen molar-refractivity contribution in [2.75, 3.05) is 40.1 Å². The minimum absolute atomic E-state index is 0.197. The summed E-state index contributed by atoms with van der Waals surface area (Å²) < 4.78 is 10.2. The summed E-state index contributed by atoms with van der Waals surface area (Å²) in [5.74, 6) is 0.462. The number of aliphatic hydroxyl groups is 1. The van der Waals surface area contributed by atoms with E-state index < -0.39 is 0 Å². The monoisotopic (exact) mass is 219 g/mol. The Labute approximate surface area is 93.0 Å². The van der Waals surface area contributed by atoms with Crippen LogP contribution in [0.3, 0.4) is 0 Å². The fourth-order valence-corrected chi connectivity index (χ4v) is 1.22. The van der Waals surface area contributed by atoms with Crippen molar-refractivity contribution in [2.24, 2.45) is 5.92 Å². The van der Waals surface area contributed by atoms with Gasteiger partial charge in [0.25, 0.3) is 0 Å². The Morgan fingerprint density at radius 1 is 1.20 bits per heavy atom. The number of aliphatic hydroxyl groups excluding tert-OH is 1. The first-order valence-corrected chi connectivity index (χ1v) is 5.63. The largest absolute Gasteiger partial charge is 0.395 e. The zero-order valence-corrected chi connectivity index (χ0v) is 10.2. The summed E-state index contributed by atoms with van der Waals surface area (Å²) in [5.41, 5.74) is 0. The van der Waals surface area contributed by atoms with Crippen molar-refractivity contribution in [1.29, 1.82) is 0 Å². The van der Waals surface area contributed by atoms with Crippen molar-refractivity contribution in [3.8, 4) is 0 Å². The fraction of sp³-hybridized carbons (Fsp3) is 1.00. The standard InChI is InChI=1S/C11H25NO3/c1-10(2)11(9-13)12-5-4-6-15-8-7-14-3/h10-13H,4-9H2,1-3H3. The van der Waals surface area contributed by atoms with Gasteiger partial charge in [0.1, 0.15) is 0 Å². The second-order valence-corrected chi connectivity index (χ2v) is 3.95. The van der Waals surface area contributed by atoms with Crippen LogP contribution in [0.5, 0.6) is 0 Å². The van der Waals surface area contributed by atoms with E-state index in [0.717, 1.165) is 19.6 Å². The predicted molar refractivity (Wildman–Crippen MR) is 61.0 cm³/mol. The Morgan fingerprint density at radius 2 is 1.93 bits per heavy atom. The van der Waals surface area contributed by atoms with Gasteiger partial charge in [-0.2, -0.15) is 0 Å². The first-order valence-electron chi connectivity index (χ1n) is 5.63. The van der Waals surface area contributed by atoms with Crippen molar-refractivity contribution >= 4 is 0 Å². The molecule has 15 heavy (non-hydrogen) atoms. The summed E-state index contributed by atoms with van der Waals surface area (Å²) in [7, 11) is 1.67. The molecule has 0 radical (unpaired) electrons. The third kappa shape index (κ3) is 8.81. The zero-order valence-electron chi connectivity index (χ0n) is 10.2. The lowest BCUT2D eigenvalue weighted by Gasteiger charge is -2.19. The van der Waals surface area contributed by atoms with Crippen molar-refractivity contribution in [1.82, 2.24) is 5.32 Å². The summed E-state index contributed by atoms with van der Waals surface area (Å²) in [6, 6.07) is 0.198. The normalized spacial score (nSPS) is 13.4. The maximum Gasteiger partial charge on any atom is 0.0700 e. The maximum absolute atomic E-state index is 9.06. The summed E-state index contributed by atoms with van der Waals surface area (Å²) >= 11 is 0. The minimum Gasteiger partial charge on any atom is -0.395 e. The van der Waals surface area contributed by atoms with Crippen molar-refractivity contribution in [3.05, 3.63) is 0 Å². The van der Waals surface area contributed by atoms with Crippen LogP contribution in [-0.4, -0.2) is 51.2 Å². The van der Waals surface area contributed by atoms with Crippen LogP contribution in [0, 0.1) is 5.92 Å². The molecule has 1 atom stereocenters. The molecular formula is C11H25NO3. The van der Waals surface area contributed by atoms with Crippen LogP contribution in [0.1, 0.15) is 20.3 Å². The van der Waals surface area contributed by atoms with Crippen LogP contribution in [-0.2, 0) is 9.47 Å². The van der Waals surface area contributed by atoms with Crippen molar-refractivity contribution in [3.63, 3.8) is 0 Å². The average molecular weight is 219 g/mol. The quantitative estimate of drug-likeness (QED) is 0.530. The highest BCUT2D eigenvalue weighted by Gasteiger charge is 2.09. The van der Waals surface area contributed by atoms with Gasteiger partial charge in [0, 0.05) is 19.8 Å². The van der Waals surface area contributed by atoms with Crippen molar-refractivity contribution in [2.45, 2.75) is 26.3 Å². The molecule has 0 saturated heterocycles. The van der Waals surface area contributed by atoms with Crippen LogP contribution in [0.25, 0.3) is 0 Å². The first kappa shape index (κ1) is 14.8. The molecule has 4 heteroatoms. The number of nitrogens with one attached hydrogen (secondary N) is 1. The van der Waals surface area contributed by atoms with Crippen LogP contribution in [0.4, 0.5) is 0 Å². The molecule has 0 amide bonds. The van der Waals surface area contributed by atoms with Crippen LogP contribution in [0.2, 0.25) is 0 Å². The fourth-order valence-electron chi connectivity index (χ4n) is 1.22. The number of rotatable bonds is 10. The lowest BCUT2D eigenvalue weighted by Crippen LogP contribution is -2.37. The molecular weight excluding hydrogens is 194 g/mol. The number of methoxy groups -OCH3 is 1. The van der Waals surface area contributed by atoms with Gasteiger partial charge in [0.2, 0.25) is 0 Å². The van der Waals surface area contributed by atoms with Gasteiger partial charge in [0.15, 0.2) is 0 Å². The number of hydrogen-bond acceptors (Lipinski definition) is 4. The van der Waals surface area contributed by atoms with E-state index in [0.29, 0.717) is 19.1 Å². The average Bonchev–Trinajstić information content (AvgIpc) is 2.21. The molecule has 0 aromatic rings. The van der Waals surface area contributed by atoms with E-state index in [-0.39, 0.29) is 12.6 Å². The zero-order chi connectivity index (χ0) is 11.5. The van der Waals surface area contributed by atoms with E-state index in [9.17, 15) is 0 Å². The molecule has 0 rings (SSSR count). The minimum atomic E-state index is 0.197. The van der Waals surface area contributed by atoms with Crippen LogP contribution < -0.4 is 5.32 Å². The molecule has 0 heterocycles.